The number of nitrogens with one attached hydrogen (secondary N) is 1. The largest absolute Gasteiger partial charge is 0.451 e. The lowest BCUT2D eigenvalue weighted by Gasteiger charge is -2.59. The highest BCUT2D eigenvalue weighted by Gasteiger charge is 2.53. The van der Waals surface area contributed by atoms with Gasteiger partial charge in [-0.05, 0) is 80.8 Å². The molecule has 4 aliphatic rings. The number of rotatable bonds is 5. The monoisotopic (exact) mass is 344 g/mol. The van der Waals surface area contributed by atoms with Crippen molar-refractivity contribution in [1.82, 2.24) is 9.88 Å². The zero-order valence-corrected chi connectivity index (χ0v) is 15.2. The number of aromatic nitrogens is 1. The van der Waals surface area contributed by atoms with Crippen LogP contribution in [0.3, 0.4) is 0 Å². The lowest BCUT2D eigenvalue weighted by atomic mass is 9.48. The molecule has 0 aromatic carbocycles. The normalized spacial score (nSPS) is 33.9. The summed E-state index contributed by atoms with van der Waals surface area (Å²) in [7, 11) is 1.78. The molecule has 1 unspecified atom stereocenters. The van der Waals surface area contributed by atoms with E-state index in [9.17, 15) is 9.59 Å². The van der Waals surface area contributed by atoms with Gasteiger partial charge in [-0.25, -0.2) is 4.79 Å². The number of ether oxygens (including phenoxy) is 1. The van der Waals surface area contributed by atoms with Crippen molar-refractivity contribution < 1.29 is 14.3 Å². The zero-order valence-electron chi connectivity index (χ0n) is 15.2. The first-order valence-corrected chi connectivity index (χ1v) is 9.53. The summed E-state index contributed by atoms with van der Waals surface area (Å²) in [4.78, 5) is 24.3. The van der Waals surface area contributed by atoms with Crippen molar-refractivity contribution in [3.63, 3.8) is 0 Å². The van der Waals surface area contributed by atoms with Crippen LogP contribution in [-0.2, 0) is 16.6 Å². The van der Waals surface area contributed by atoms with Gasteiger partial charge in [-0.3, -0.25) is 4.79 Å². The second-order valence-corrected chi connectivity index (χ2v) is 8.65. The van der Waals surface area contributed by atoms with Crippen molar-refractivity contribution in [2.24, 2.45) is 30.2 Å². The van der Waals surface area contributed by atoms with Gasteiger partial charge in [0.1, 0.15) is 5.69 Å². The summed E-state index contributed by atoms with van der Waals surface area (Å²) in [6, 6.07) is 3.63. The lowest BCUT2D eigenvalue weighted by Crippen LogP contribution is -2.56. The Hall–Kier alpha value is -1.78. The van der Waals surface area contributed by atoms with Gasteiger partial charge in [0.25, 0.3) is 5.91 Å². The lowest BCUT2D eigenvalue weighted by molar-refractivity contribution is -0.128. The number of carbonyl (C=O) groups excluding carboxylic acids is 2. The van der Waals surface area contributed by atoms with Crippen molar-refractivity contribution in [3.05, 3.63) is 24.0 Å². The fourth-order valence-corrected chi connectivity index (χ4v) is 6.02. The van der Waals surface area contributed by atoms with Crippen LogP contribution in [0.5, 0.6) is 0 Å². The third-order valence-electron chi connectivity index (χ3n) is 6.87. The van der Waals surface area contributed by atoms with Crippen LogP contribution in [0.25, 0.3) is 0 Å². The Morgan fingerprint density at radius 2 is 1.84 bits per heavy atom. The highest BCUT2D eigenvalue weighted by Crippen LogP contribution is 2.61. The van der Waals surface area contributed by atoms with Crippen LogP contribution in [0.1, 0.15) is 55.9 Å². The quantitative estimate of drug-likeness (QED) is 0.836. The van der Waals surface area contributed by atoms with E-state index in [1.165, 1.54) is 38.5 Å². The minimum Gasteiger partial charge on any atom is -0.451 e. The highest BCUT2D eigenvalue weighted by atomic mass is 16.5. The van der Waals surface area contributed by atoms with Crippen molar-refractivity contribution in [1.29, 1.82) is 0 Å². The number of aryl methyl sites for hydroxylation is 1. The Morgan fingerprint density at radius 1 is 1.24 bits per heavy atom. The van der Waals surface area contributed by atoms with Gasteiger partial charge in [0.05, 0.1) is 0 Å². The van der Waals surface area contributed by atoms with E-state index < -0.39 is 5.97 Å². The molecule has 1 amide bonds. The number of esters is 1. The molecule has 25 heavy (non-hydrogen) atoms. The first-order valence-electron chi connectivity index (χ1n) is 9.53. The molecule has 1 aromatic rings. The van der Waals surface area contributed by atoms with Gasteiger partial charge in [-0.15, -0.1) is 0 Å². The Labute approximate surface area is 149 Å². The molecule has 1 N–H and O–H groups in total. The van der Waals surface area contributed by atoms with E-state index in [0.29, 0.717) is 5.69 Å². The topological polar surface area (TPSA) is 60.3 Å². The predicted octanol–water partition coefficient (Wildman–Crippen LogP) is 2.90. The Morgan fingerprint density at radius 3 is 2.36 bits per heavy atom. The summed E-state index contributed by atoms with van der Waals surface area (Å²) in [6.45, 7) is 1.94. The van der Waals surface area contributed by atoms with Gasteiger partial charge in [0.15, 0.2) is 6.61 Å². The molecule has 5 heteroatoms. The molecular formula is C20H28N2O3. The number of amides is 1. The second kappa shape index (κ2) is 6.19. The van der Waals surface area contributed by atoms with Crippen molar-refractivity contribution in [2.45, 2.75) is 51.5 Å². The molecule has 4 saturated carbocycles. The SMILES string of the molecule is CC(NC(=O)COC(=O)c1cccn1C)C12CC3CC(CC(C3)C1)C2. The van der Waals surface area contributed by atoms with Gasteiger partial charge >= 0.3 is 5.97 Å². The average molecular weight is 344 g/mol. The van der Waals surface area contributed by atoms with Crippen LogP contribution in [-0.4, -0.2) is 29.1 Å². The number of hydrogen-bond donors (Lipinski definition) is 1. The molecule has 4 fully saturated rings. The van der Waals surface area contributed by atoms with Crippen LogP contribution < -0.4 is 5.32 Å². The van der Waals surface area contributed by atoms with E-state index in [0.717, 1.165) is 17.8 Å². The molecule has 1 heterocycles. The average Bonchev–Trinajstić information content (AvgIpc) is 2.97. The molecule has 0 saturated heterocycles. The number of carbonyl (C=O) groups is 2. The Bertz CT molecular complexity index is 643. The van der Waals surface area contributed by atoms with Crippen LogP contribution in [0.2, 0.25) is 0 Å². The Kier molecular flexibility index (Phi) is 4.13. The first kappa shape index (κ1) is 16.7. The first-order chi connectivity index (χ1) is 11.9. The molecule has 4 aliphatic carbocycles. The molecule has 5 rings (SSSR count). The van der Waals surface area contributed by atoms with Crippen LogP contribution in [0.4, 0.5) is 0 Å². The summed E-state index contributed by atoms with van der Waals surface area (Å²) < 4.78 is 6.87. The second-order valence-electron chi connectivity index (χ2n) is 8.65. The fourth-order valence-electron chi connectivity index (χ4n) is 6.02. The molecule has 5 nitrogen and oxygen atoms in total. The minimum absolute atomic E-state index is 0.155. The van der Waals surface area contributed by atoms with Gasteiger partial charge in [0, 0.05) is 19.3 Å². The van der Waals surface area contributed by atoms with E-state index >= 15 is 0 Å². The summed E-state index contributed by atoms with van der Waals surface area (Å²) in [6.07, 6.45) is 9.74. The molecule has 0 aliphatic heterocycles. The van der Waals surface area contributed by atoms with Crippen LogP contribution >= 0.6 is 0 Å². The standard InChI is InChI=1S/C20H28N2O3/c1-13(20-9-14-6-15(10-20)8-16(7-14)11-20)21-18(23)12-25-19(24)17-4-3-5-22(17)2/h3-5,13-16H,6-12H2,1-2H3,(H,21,23). The molecule has 1 atom stereocenters. The predicted molar refractivity (Wildman–Crippen MR) is 93.9 cm³/mol. The molecular weight excluding hydrogens is 316 g/mol. The fraction of sp³-hybridized carbons (Fsp3) is 0.700. The van der Waals surface area contributed by atoms with Gasteiger partial charge in [-0.1, -0.05) is 0 Å². The van der Waals surface area contributed by atoms with Gasteiger partial charge in [-0.2, -0.15) is 0 Å². The van der Waals surface area contributed by atoms with E-state index in [4.69, 9.17) is 4.74 Å². The third kappa shape index (κ3) is 3.09. The minimum atomic E-state index is -0.454. The van der Waals surface area contributed by atoms with Crippen molar-refractivity contribution in [2.75, 3.05) is 6.61 Å². The zero-order chi connectivity index (χ0) is 17.6. The highest BCUT2D eigenvalue weighted by molar-refractivity contribution is 5.90. The smallest absolute Gasteiger partial charge is 0.355 e. The number of nitrogens with zero attached hydrogens (tertiary/aromatic N) is 1. The van der Waals surface area contributed by atoms with E-state index in [1.54, 1.807) is 29.9 Å². The summed E-state index contributed by atoms with van der Waals surface area (Å²) in [5.41, 5.74) is 0.730. The van der Waals surface area contributed by atoms with Crippen LogP contribution in [0.15, 0.2) is 18.3 Å². The van der Waals surface area contributed by atoms with Crippen molar-refractivity contribution in [3.8, 4) is 0 Å². The van der Waals surface area contributed by atoms with Gasteiger partial charge in [0.2, 0.25) is 0 Å². The Balaban J connectivity index is 1.32. The van der Waals surface area contributed by atoms with Crippen molar-refractivity contribution >= 4 is 11.9 Å². The molecule has 136 valence electrons. The van der Waals surface area contributed by atoms with E-state index in [1.807, 2.05) is 0 Å². The maximum absolute atomic E-state index is 12.3. The molecule has 0 radical (unpaired) electrons. The maximum atomic E-state index is 12.3. The third-order valence-corrected chi connectivity index (χ3v) is 6.87. The summed E-state index contributed by atoms with van der Waals surface area (Å²) >= 11 is 0. The van der Waals surface area contributed by atoms with Gasteiger partial charge < -0.3 is 14.6 Å². The summed E-state index contributed by atoms with van der Waals surface area (Å²) in [5, 5.41) is 3.13. The molecule has 0 spiro atoms. The number of hydrogen-bond acceptors (Lipinski definition) is 3. The van der Waals surface area contributed by atoms with E-state index in [2.05, 4.69) is 12.2 Å². The molecule has 1 aromatic heterocycles. The molecule has 4 bridgehead atoms. The summed E-state index contributed by atoms with van der Waals surface area (Å²) in [5.74, 6) is 1.94. The maximum Gasteiger partial charge on any atom is 0.355 e. The van der Waals surface area contributed by atoms with E-state index in [-0.39, 0.29) is 24.0 Å². The van der Waals surface area contributed by atoms with Crippen LogP contribution in [0, 0.1) is 23.2 Å².